The zero-order valence-electron chi connectivity index (χ0n) is 11.2. The zero-order valence-corrected chi connectivity index (χ0v) is 11.2. The first-order chi connectivity index (χ1) is 9.08. The van der Waals surface area contributed by atoms with Crippen molar-refractivity contribution in [3.05, 3.63) is 36.1 Å². The van der Waals surface area contributed by atoms with Gasteiger partial charge in [0.15, 0.2) is 5.78 Å². The first-order valence-corrected chi connectivity index (χ1v) is 5.86. The van der Waals surface area contributed by atoms with E-state index in [4.69, 9.17) is 9.47 Å². The molecule has 102 valence electrons. The Balaban J connectivity index is 2.78. The predicted octanol–water partition coefficient (Wildman–Crippen LogP) is 2.14. The molecule has 0 unspecified atom stereocenters. The molecule has 0 aliphatic heterocycles. The van der Waals surface area contributed by atoms with Gasteiger partial charge in [0.25, 0.3) is 5.91 Å². The highest BCUT2D eigenvalue weighted by molar-refractivity contribution is 6.22. The van der Waals surface area contributed by atoms with Gasteiger partial charge in [-0.25, -0.2) is 0 Å². The van der Waals surface area contributed by atoms with Crippen LogP contribution in [0.25, 0.3) is 0 Å². The van der Waals surface area contributed by atoms with Gasteiger partial charge in [0, 0.05) is 5.69 Å². The van der Waals surface area contributed by atoms with E-state index in [1.54, 1.807) is 38.3 Å². The maximum atomic E-state index is 11.9. The van der Waals surface area contributed by atoms with E-state index in [-0.39, 0.29) is 11.4 Å². The van der Waals surface area contributed by atoms with Crippen molar-refractivity contribution in [1.82, 2.24) is 0 Å². The van der Waals surface area contributed by atoms with Gasteiger partial charge < -0.3 is 14.8 Å². The SMILES string of the molecule is CCOC=C(C(C)=O)C(=O)Nc1ccc(OC)cc1. The number of anilines is 1. The molecule has 0 spiro atoms. The Labute approximate surface area is 112 Å². The van der Waals surface area contributed by atoms with Gasteiger partial charge in [-0.3, -0.25) is 9.59 Å². The summed E-state index contributed by atoms with van der Waals surface area (Å²) in [4.78, 5) is 23.3. The van der Waals surface area contributed by atoms with Crippen molar-refractivity contribution >= 4 is 17.4 Å². The Hall–Kier alpha value is -2.30. The van der Waals surface area contributed by atoms with Gasteiger partial charge in [-0.1, -0.05) is 0 Å². The highest BCUT2D eigenvalue weighted by Crippen LogP contribution is 2.15. The number of Topliss-reactive ketones (excluding diaryl/α,β-unsaturated/α-hetero) is 1. The summed E-state index contributed by atoms with van der Waals surface area (Å²) in [5, 5.41) is 2.62. The van der Waals surface area contributed by atoms with Gasteiger partial charge in [-0.05, 0) is 38.1 Å². The first-order valence-electron chi connectivity index (χ1n) is 5.86. The van der Waals surface area contributed by atoms with E-state index in [2.05, 4.69) is 5.32 Å². The van der Waals surface area contributed by atoms with Crippen molar-refractivity contribution in [3.63, 3.8) is 0 Å². The number of hydrogen-bond acceptors (Lipinski definition) is 4. The number of carbonyl (C=O) groups excluding carboxylic acids is 2. The van der Waals surface area contributed by atoms with Crippen LogP contribution in [-0.4, -0.2) is 25.4 Å². The van der Waals surface area contributed by atoms with Gasteiger partial charge >= 0.3 is 0 Å². The van der Waals surface area contributed by atoms with E-state index in [0.717, 1.165) is 0 Å². The van der Waals surface area contributed by atoms with Crippen LogP contribution >= 0.6 is 0 Å². The monoisotopic (exact) mass is 263 g/mol. The van der Waals surface area contributed by atoms with E-state index in [9.17, 15) is 9.59 Å². The molecule has 1 amide bonds. The number of methoxy groups -OCH3 is 1. The molecule has 5 heteroatoms. The fourth-order valence-corrected chi connectivity index (χ4v) is 1.34. The number of rotatable bonds is 6. The minimum absolute atomic E-state index is 0.0160. The van der Waals surface area contributed by atoms with Crippen molar-refractivity contribution in [1.29, 1.82) is 0 Å². The van der Waals surface area contributed by atoms with Crippen LogP contribution in [0.5, 0.6) is 5.75 Å². The van der Waals surface area contributed by atoms with Gasteiger partial charge in [-0.2, -0.15) is 0 Å². The lowest BCUT2D eigenvalue weighted by atomic mass is 10.2. The fraction of sp³-hybridized carbons (Fsp3) is 0.286. The van der Waals surface area contributed by atoms with Crippen LogP contribution < -0.4 is 10.1 Å². The lowest BCUT2D eigenvalue weighted by molar-refractivity contribution is -0.119. The van der Waals surface area contributed by atoms with Crippen LogP contribution in [0.2, 0.25) is 0 Å². The maximum absolute atomic E-state index is 11.9. The van der Waals surface area contributed by atoms with Crippen LogP contribution in [0.1, 0.15) is 13.8 Å². The third kappa shape index (κ3) is 4.46. The Morgan fingerprint density at radius 3 is 2.37 bits per heavy atom. The quantitative estimate of drug-likeness (QED) is 0.369. The highest BCUT2D eigenvalue weighted by Gasteiger charge is 2.15. The van der Waals surface area contributed by atoms with Crippen LogP contribution in [-0.2, 0) is 14.3 Å². The molecule has 0 radical (unpaired) electrons. The second kappa shape index (κ2) is 7.20. The lowest BCUT2D eigenvalue weighted by Crippen LogP contribution is -2.19. The van der Waals surface area contributed by atoms with Crippen molar-refractivity contribution in [2.75, 3.05) is 19.0 Å². The Bertz CT molecular complexity index is 477. The van der Waals surface area contributed by atoms with E-state index >= 15 is 0 Å². The molecule has 0 aliphatic rings. The van der Waals surface area contributed by atoms with Gasteiger partial charge in [0.1, 0.15) is 11.3 Å². The van der Waals surface area contributed by atoms with Crippen LogP contribution in [0, 0.1) is 0 Å². The molecule has 0 fully saturated rings. The topological polar surface area (TPSA) is 64.6 Å². The minimum atomic E-state index is -0.494. The molecule has 0 bridgehead atoms. The number of hydrogen-bond donors (Lipinski definition) is 1. The Morgan fingerprint density at radius 2 is 1.89 bits per heavy atom. The van der Waals surface area contributed by atoms with Crippen LogP contribution in [0.15, 0.2) is 36.1 Å². The zero-order chi connectivity index (χ0) is 14.3. The molecule has 1 N–H and O–H groups in total. The molecule has 0 saturated heterocycles. The third-order valence-corrected chi connectivity index (χ3v) is 2.34. The summed E-state index contributed by atoms with van der Waals surface area (Å²) in [5.74, 6) is -0.153. The number of nitrogens with one attached hydrogen (secondary N) is 1. The largest absolute Gasteiger partial charge is 0.501 e. The van der Waals surface area contributed by atoms with Crippen molar-refractivity contribution in [2.24, 2.45) is 0 Å². The van der Waals surface area contributed by atoms with Gasteiger partial charge in [-0.15, -0.1) is 0 Å². The summed E-state index contributed by atoms with van der Waals surface area (Å²) in [7, 11) is 1.56. The van der Waals surface area contributed by atoms with Crippen molar-refractivity contribution in [3.8, 4) is 5.75 Å². The normalized spacial score (nSPS) is 10.8. The van der Waals surface area contributed by atoms with E-state index in [0.29, 0.717) is 18.0 Å². The van der Waals surface area contributed by atoms with E-state index in [1.807, 2.05) is 0 Å². The third-order valence-electron chi connectivity index (χ3n) is 2.34. The molecule has 1 aromatic rings. The van der Waals surface area contributed by atoms with Crippen molar-refractivity contribution in [2.45, 2.75) is 13.8 Å². The molecule has 0 atom stereocenters. The Kier molecular flexibility index (Phi) is 5.60. The van der Waals surface area contributed by atoms with Crippen LogP contribution in [0.4, 0.5) is 5.69 Å². The summed E-state index contributed by atoms with van der Waals surface area (Å²) in [6.07, 6.45) is 1.18. The molecule has 5 nitrogen and oxygen atoms in total. The molecule has 0 saturated carbocycles. The number of ether oxygens (including phenoxy) is 2. The highest BCUT2D eigenvalue weighted by atomic mass is 16.5. The molecule has 0 aromatic heterocycles. The predicted molar refractivity (Wildman–Crippen MR) is 72.0 cm³/mol. The number of benzene rings is 1. The molecule has 0 heterocycles. The minimum Gasteiger partial charge on any atom is -0.501 e. The second-order valence-corrected chi connectivity index (χ2v) is 3.73. The van der Waals surface area contributed by atoms with E-state index in [1.165, 1.54) is 13.2 Å². The lowest BCUT2D eigenvalue weighted by Gasteiger charge is -2.07. The average Bonchev–Trinajstić information content (AvgIpc) is 2.39. The number of carbonyl (C=O) groups is 2. The molecule has 0 aliphatic carbocycles. The molecule has 1 rings (SSSR count). The first kappa shape index (κ1) is 14.8. The number of amides is 1. The summed E-state index contributed by atoms with van der Waals surface area (Å²) < 4.78 is 10.0. The molecule has 19 heavy (non-hydrogen) atoms. The van der Waals surface area contributed by atoms with Crippen LogP contribution in [0.3, 0.4) is 0 Å². The van der Waals surface area contributed by atoms with E-state index < -0.39 is 5.91 Å². The second-order valence-electron chi connectivity index (χ2n) is 3.73. The number of ketones is 1. The Morgan fingerprint density at radius 1 is 1.26 bits per heavy atom. The molecular weight excluding hydrogens is 246 g/mol. The smallest absolute Gasteiger partial charge is 0.262 e. The summed E-state index contributed by atoms with van der Waals surface area (Å²) in [5.41, 5.74) is 0.562. The summed E-state index contributed by atoms with van der Waals surface area (Å²) >= 11 is 0. The van der Waals surface area contributed by atoms with Gasteiger partial charge in [0.2, 0.25) is 0 Å². The summed E-state index contributed by atoms with van der Waals surface area (Å²) in [6.45, 7) is 3.49. The molecule has 1 aromatic carbocycles. The van der Waals surface area contributed by atoms with Gasteiger partial charge in [0.05, 0.1) is 20.0 Å². The molecular formula is C14H17NO4. The fourth-order valence-electron chi connectivity index (χ4n) is 1.34. The average molecular weight is 263 g/mol. The van der Waals surface area contributed by atoms with Crippen molar-refractivity contribution < 1.29 is 19.1 Å². The maximum Gasteiger partial charge on any atom is 0.262 e. The summed E-state index contributed by atoms with van der Waals surface area (Å²) in [6, 6.07) is 6.81. The standard InChI is InChI=1S/C14H17NO4/c1-4-19-9-13(10(2)16)14(17)15-11-5-7-12(18-3)8-6-11/h5-9H,4H2,1-3H3,(H,15,17).